The summed E-state index contributed by atoms with van der Waals surface area (Å²) in [4.78, 5) is 29.1. The molecule has 0 unspecified atom stereocenters. The number of thiophene rings is 1. The highest BCUT2D eigenvalue weighted by atomic mass is 32.1. The number of amides is 1. The molecule has 8 heteroatoms. The Hall–Kier alpha value is -1.67. The third-order valence-electron chi connectivity index (χ3n) is 3.89. The number of likely N-dealkylation sites (tertiary alicyclic amines) is 1. The lowest BCUT2D eigenvalue weighted by atomic mass is 10.1. The molecule has 0 radical (unpaired) electrons. The molecule has 0 atom stereocenters. The molecule has 0 saturated carbocycles. The van der Waals surface area contributed by atoms with E-state index in [9.17, 15) is 9.59 Å². The summed E-state index contributed by atoms with van der Waals surface area (Å²) in [5.74, 6) is 0. The van der Waals surface area contributed by atoms with Gasteiger partial charge in [0.2, 0.25) is 0 Å². The number of hydrogen-bond donors (Lipinski definition) is 1. The largest absolute Gasteiger partial charge is 0.450 e. The van der Waals surface area contributed by atoms with Gasteiger partial charge in [-0.3, -0.25) is 9.36 Å². The Morgan fingerprint density at radius 2 is 2.23 bits per heavy atom. The van der Waals surface area contributed by atoms with Gasteiger partial charge in [-0.1, -0.05) is 0 Å². The van der Waals surface area contributed by atoms with E-state index >= 15 is 0 Å². The molecule has 2 aromatic heterocycles. The number of carbonyl (C=O) groups is 1. The first kappa shape index (κ1) is 15.2. The Morgan fingerprint density at radius 3 is 2.91 bits per heavy atom. The first-order valence-electron chi connectivity index (χ1n) is 7.25. The molecule has 0 bridgehead atoms. The van der Waals surface area contributed by atoms with Crippen LogP contribution in [-0.4, -0.2) is 40.2 Å². The van der Waals surface area contributed by atoms with Gasteiger partial charge in [0, 0.05) is 19.1 Å². The van der Waals surface area contributed by atoms with Gasteiger partial charge in [0.05, 0.1) is 12.1 Å². The minimum atomic E-state index is -0.285. The van der Waals surface area contributed by atoms with Crippen molar-refractivity contribution in [2.75, 3.05) is 19.7 Å². The second-order valence-corrected chi connectivity index (χ2v) is 6.49. The minimum Gasteiger partial charge on any atom is -0.450 e. The van der Waals surface area contributed by atoms with Crippen LogP contribution < -0.4 is 5.56 Å². The molecule has 3 rings (SSSR count). The maximum absolute atomic E-state index is 12.6. The summed E-state index contributed by atoms with van der Waals surface area (Å²) in [6.45, 7) is 3.32. The minimum absolute atomic E-state index is 0.0217. The molecule has 22 heavy (non-hydrogen) atoms. The maximum Gasteiger partial charge on any atom is 0.409 e. The molecule has 1 aliphatic heterocycles. The van der Waals surface area contributed by atoms with Crippen LogP contribution in [0.5, 0.6) is 0 Å². The van der Waals surface area contributed by atoms with Crippen molar-refractivity contribution in [2.24, 2.45) is 0 Å². The van der Waals surface area contributed by atoms with Crippen LogP contribution in [0.4, 0.5) is 4.79 Å². The lowest BCUT2D eigenvalue weighted by Crippen LogP contribution is -2.41. The molecule has 1 amide bonds. The molecule has 1 saturated heterocycles. The van der Waals surface area contributed by atoms with Crippen molar-refractivity contribution < 1.29 is 9.53 Å². The van der Waals surface area contributed by atoms with Crippen molar-refractivity contribution in [1.82, 2.24) is 14.5 Å². The van der Waals surface area contributed by atoms with E-state index in [2.05, 4.69) is 4.98 Å². The summed E-state index contributed by atoms with van der Waals surface area (Å²) in [7, 11) is 0. The molecule has 118 valence electrons. The number of nitrogens with one attached hydrogen (secondary N) is 1. The normalized spacial score (nSPS) is 16.1. The fourth-order valence-electron chi connectivity index (χ4n) is 2.80. The van der Waals surface area contributed by atoms with Crippen molar-refractivity contribution in [3.05, 3.63) is 26.6 Å². The number of nitrogens with zero attached hydrogens (tertiary/aromatic N) is 2. The van der Waals surface area contributed by atoms with E-state index in [-0.39, 0.29) is 17.7 Å². The zero-order chi connectivity index (χ0) is 15.7. The fourth-order valence-corrected chi connectivity index (χ4v) is 3.93. The van der Waals surface area contributed by atoms with E-state index in [1.807, 2.05) is 11.4 Å². The SMILES string of the molecule is CCOC(=O)N1CCC(n2c(=S)[nH]c3ccsc3c2=O)CC1. The summed E-state index contributed by atoms with van der Waals surface area (Å²) in [5.41, 5.74) is 0.753. The number of aromatic amines is 1. The third-order valence-corrected chi connectivity index (χ3v) is 5.10. The van der Waals surface area contributed by atoms with E-state index in [4.69, 9.17) is 17.0 Å². The number of ether oxygens (including phenoxy) is 1. The predicted molar refractivity (Wildman–Crippen MR) is 88.1 cm³/mol. The van der Waals surface area contributed by atoms with E-state index in [1.54, 1.807) is 16.4 Å². The Morgan fingerprint density at radius 1 is 1.50 bits per heavy atom. The third kappa shape index (κ3) is 2.68. The number of piperidine rings is 1. The van der Waals surface area contributed by atoms with E-state index in [1.165, 1.54) is 11.3 Å². The Bertz CT molecular complexity index is 800. The van der Waals surface area contributed by atoms with Crippen molar-refractivity contribution in [3.8, 4) is 0 Å². The van der Waals surface area contributed by atoms with E-state index in [0.29, 0.717) is 42.0 Å². The summed E-state index contributed by atoms with van der Waals surface area (Å²) in [5, 5.41) is 1.88. The summed E-state index contributed by atoms with van der Waals surface area (Å²) < 4.78 is 7.82. The molecule has 2 aromatic rings. The lowest BCUT2D eigenvalue weighted by Gasteiger charge is -2.32. The average Bonchev–Trinajstić information content (AvgIpc) is 2.96. The van der Waals surface area contributed by atoms with Crippen molar-refractivity contribution >= 4 is 39.9 Å². The quantitative estimate of drug-likeness (QED) is 0.854. The van der Waals surface area contributed by atoms with Gasteiger partial charge in [-0.05, 0) is 43.4 Å². The van der Waals surface area contributed by atoms with Crippen LogP contribution in [0.2, 0.25) is 0 Å². The summed E-state index contributed by atoms with van der Waals surface area (Å²) in [6.07, 6.45) is 1.12. The molecule has 0 aromatic carbocycles. The maximum atomic E-state index is 12.6. The second-order valence-electron chi connectivity index (χ2n) is 5.19. The average molecular weight is 339 g/mol. The van der Waals surface area contributed by atoms with Crippen LogP contribution in [0.15, 0.2) is 16.2 Å². The number of aromatic nitrogens is 2. The monoisotopic (exact) mass is 339 g/mol. The number of hydrogen-bond acceptors (Lipinski definition) is 5. The first-order valence-corrected chi connectivity index (χ1v) is 8.54. The highest BCUT2D eigenvalue weighted by molar-refractivity contribution is 7.71. The zero-order valence-corrected chi connectivity index (χ0v) is 13.8. The van der Waals surface area contributed by atoms with Gasteiger partial charge >= 0.3 is 6.09 Å². The fraction of sp³-hybridized carbons (Fsp3) is 0.500. The predicted octanol–water partition coefficient (Wildman–Crippen LogP) is 2.91. The zero-order valence-electron chi connectivity index (χ0n) is 12.2. The van der Waals surface area contributed by atoms with Crippen LogP contribution >= 0.6 is 23.6 Å². The number of H-pyrrole nitrogens is 1. The standard InChI is InChI=1S/C14H17N3O3S2/c1-2-20-14(19)16-6-3-9(4-7-16)17-12(18)11-10(5-8-22-11)15-13(17)21/h5,8-9H,2-4,6-7H2,1H3,(H,15,21). The Labute approximate surface area is 136 Å². The van der Waals surface area contributed by atoms with Crippen molar-refractivity contribution in [1.29, 1.82) is 0 Å². The van der Waals surface area contributed by atoms with E-state index in [0.717, 1.165) is 5.52 Å². The molecule has 0 aliphatic carbocycles. The molecule has 1 N–H and O–H groups in total. The van der Waals surface area contributed by atoms with Gasteiger partial charge in [-0.25, -0.2) is 4.79 Å². The van der Waals surface area contributed by atoms with Gasteiger partial charge in [0.25, 0.3) is 5.56 Å². The van der Waals surface area contributed by atoms with Crippen LogP contribution in [0.25, 0.3) is 10.2 Å². The Kier molecular flexibility index (Phi) is 4.30. The summed E-state index contributed by atoms with van der Waals surface area (Å²) >= 11 is 6.76. The van der Waals surface area contributed by atoms with Gasteiger partial charge in [-0.2, -0.15) is 0 Å². The summed E-state index contributed by atoms with van der Waals surface area (Å²) in [6, 6.07) is 1.89. The van der Waals surface area contributed by atoms with Crippen LogP contribution in [0.3, 0.4) is 0 Å². The lowest BCUT2D eigenvalue weighted by molar-refractivity contribution is 0.0922. The topological polar surface area (TPSA) is 67.3 Å². The van der Waals surface area contributed by atoms with Gasteiger partial charge in [0.15, 0.2) is 4.77 Å². The van der Waals surface area contributed by atoms with E-state index < -0.39 is 0 Å². The number of rotatable bonds is 2. The number of carbonyl (C=O) groups excluding carboxylic acids is 1. The molecule has 3 heterocycles. The second kappa shape index (κ2) is 6.21. The number of fused-ring (bicyclic) bond motifs is 1. The van der Waals surface area contributed by atoms with Gasteiger partial charge < -0.3 is 14.6 Å². The van der Waals surface area contributed by atoms with Crippen molar-refractivity contribution in [3.63, 3.8) is 0 Å². The molecule has 0 spiro atoms. The Balaban J connectivity index is 1.84. The molecule has 1 aliphatic rings. The first-order chi connectivity index (χ1) is 10.6. The van der Waals surface area contributed by atoms with Gasteiger partial charge in [-0.15, -0.1) is 11.3 Å². The van der Waals surface area contributed by atoms with Crippen LogP contribution in [0, 0.1) is 4.77 Å². The highest BCUT2D eigenvalue weighted by Gasteiger charge is 2.26. The van der Waals surface area contributed by atoms with Crippen molar-refractivity contribution in [2.45, 2.75) is 25.8 Å². The van der Waals surface area contributed by atoms with Gasteiger partial charge in [0.1, 0.15) is 4.70 Å². The van der Waals surface area contributed by atoms with Crippen LogP contribution in [0.1, 0.15) is 25.8 Å². The van der Waals surface area contributed by atoms with Crippen LogP contribution in [-0.2, 0) is 4.74 Å². The molecule has 1 fully saturated rings. The smallest absolute Gasteiger partial charge is 0.409 e. The highest BCUT2D eigenvalue weighted by Crippen LogP contribution is 2.23. The molecular formula is C14H17N3O3S2. The molecular weight excluding hydrogens is 322 g/mol. The molecule has 6 nitrogen and oxygen atoms in total.